The molecule has 0 heterocycles. The van der Waals surface area contributed by atoms with Crippen molar-refractivity contribution >= 4 is 16.0 Å². The molecule has 5 nitrogen and oxygen atoms in total. The van der Waals surface area contributed by atoms with Crippen molar-refractivity contribution < 1.29 is 17.9 Å². The van der Waals surface area contributed by atoms with Crippen LogP contribution in [0.1, 0.15) is 43.0 Å². The van der Waals surface area contributed by atoms with Crippen molar-refractivity contribution in [1.82, 2.24) is 0 Å². The normalized spacial score (nSPS) is 23.3. The molecule has 1 saturated carbocycles. The summed E-state index contributed by atoms with van der Waals surface area (Å²) in [6.07, 6.45) is 3.75. The lowest BCUT2D eigenvalue weighted by Gasteiger charge is -2.26. The van der Waals surface area contributed by atoms with Gasteiger partial charge >= 0.3 is 5.97 Å². The van der Waals surface area contributed by atoms with Gasteiger partial charge in [-0.1, -0.05) is 13.0 Å². The molecule has 0 unspecified atom stereocenters. The van der Waals surface area contributed by atoms with Crippen LogP contribution < -0.4 is 5.14 Å². The molecule has 6 heteroatoms. The van der Waals surface area contributed by atoms with Crippen LogP contribution in [0.2, 0.25) is 0 Å². The summed E-state index contributed by atoms with van der Waals surface area (Å²) in [6.45, 7) is 2.19. The van der Waals surface area contributed by atoms with Crippen LogP contribution in [0.4, 0.5) is 0 Å². The maximum Gasteiger partial charge on any atom is 0.338 e. The number of hydrogen-bond donors (Lipinski definition) is 1. The van der Waals surface area contributed by atoms with E-state index in [1.807, 2.05) is 0 Å². The van der Waals surface area contributed by atoms with Gasteiger partial charge in [-0.05, 0) is 49.8 Å². The minimum absolute atomic E-state index is 0.0724. The Bertz CT molecular complexity index is 589. The number of benzene rings is 1. The van der Waals surface area contributed by atoms with E-state index in [0.29, 0.717) is 5.92 Å². The van der Waals surface area contributed by atoms with Gasteiger partial charge < -0.3 is 4.74 Å². The van der Waals surface area contributed by atoms with Gasteiger partial charge in [0.2, 0.25) is 10.0 Å². The smallest absolute Gasteiger partial charge is 0.338 e. The second-order valence-electron chi connectivity index (χ2n) is 5.36. The minimum Gasteiger partial charge on any atom is -0.459 e. The largest absolute Gasteiger partial charge is 0.459 e. The third-order valence-electron chi connectivity index (χ3n) is 3.63. The molecule has 1 fully saturated rings. The van der Waals surface area contributed by atoms with Gasteiger partial charge in [0.1, 0.15) is 6.10 Å². The summed E-state index contributed by atoms with van der Waals surface area (Å²) >= 11 is 0. The Morgan fingerprint density at radius 3 is 2.50 bits per heavy atom. The molecule has 1 aliphatic rings. The number of esters is 1. The van der Waals surface area contributed by atoms with Crippen LogP contribution in [0.25, 0.3) is 0 Å². The van der Waals surface area contributed by atoms with Crippen LogP contribution in [-0.4, -0.2) is 20.5 Å². The van der Waals surface area contributed by atoms with Crippen LogP contribution in [0.3, 0.4) is 0 Å². The zero-order valence-electron chi connectivity index (χ0n) is 11.4. The second-order valence-corrected chi connectivity index (χ2v) is 6.92. The van der Waals surface area contributed by atoms with E-state index >= 15 is 0 Å². The Morgan fingerprint density at radius 2 is 1.90 bits per heavy atom. The first-order chi connectivity index (χ1) is 9.36. The lowest BCUT2D eigenvalue weighted by Crippen LogP contribution is -2.23. The molecule has 1 aromatic carbocycles. The van der Waals surface area contributed by atoms with Crippen molar-refractivity contribution in [3.05, 3.63) is 29.8 Å². The summed E-state index contributed by atoms with van der Waals surface area (Å²) in [6, 6.07) is 5.62. The molecule has 110 valence electrons. The molecule has 0 bridgehead atoms. The number of nitrogens with two attached hydrogens (primary N) is 1. The number of carbonyl (C=O) groups excluding carboxylic acids is 1. The van der Waals surface area contributed by atoms with Gasteiger partial charge in [0.05, 0.1) is 10.5 Å². The number of carbonyl (C=O) groups is 1. The van der Waals surface area contributed by atoms with Crippen molar-refractivity contribution in [3.63, 3.8) is 0 Å². The average molecular weight is 297 g/mol. The molecule has 1 aliphatic carbocycles. The highest BCUT2D eigenvalue weighted by Gasteiger charge is 2.22. The molecule has 0 spiro atoms. The lowest BCUT2D eigenvalue weighted by molar-refractivity contribution is 0.0173. The quantitative estimate of drug-likeness (QED) is 0.865. The number of ether oxygens (including phenoxy) is 1. The average Bonchev–Trinajstić information content (AvgIpc) is 2.40. The van der Waals surface area contributed by atoms with E-state index in [9.17, 15) is 13.2 Å². The molecule has 0 aromatic heterocycles. The number of sulfonamides is 1. The van der Waals surface area contributed by atoms with E-state index in [0.717, 1.165) is 25.7 Å². The fourth-order valence-electron chi connectivity index (χ4n) is 2.37. The summed E-state index contributed by atoms with van der Waals surface area (Å²) in [7, 11) is -3.81. The lowest BCUT2D eigenvalue weighted by atomic mass is 9.89. The Kier molecular flexibility index (Phi) is 4.45. The third kappa shape index (κ3) is 3.80. The zero-order chi connectivity index (χ0) is 14.8. The maximum atomic E-state index is 12.0. The monoisotopic (exact) mass is 297 g/mol. The Labute approximate surface area is 119 Å². The van der Waals surface area contributed by atoms with Crippen LogP contribution in [-0.2, 0) is 14.8 Å². The fourth-order valence-corrected chi connectivity index (χ4v) is 2.93. The molecule has 0 radical (unpaired) electrons. The highest BCUT2D eigenvalue weighted by Crippen LogP contribution is 2.26. The standard InChI is InChI=1S/C14H19NO4S/c1-10-5-7-12(8-6-10)19-14(16)11-3-2-4-13(9-11)20(15,17)18/h2-4,9-10,12H,5-8H2,1H3,(H2,15,17,18). The topological polar surface area (TPSA) is 86.5 Å². The molecule has 0 amide bonds. The van der Waals surface area contributed by atoms with Crippen LogP contribution in [0.5, 0.6) is 0 Å². The molecule has 2 N–H and O–H groups in total. The summed E-state index contributed by atoms with van der Waals surface area (Å²) in [5.74, 6) is 0.186. The maximum absolute atomic E-state index is 12.0. The Balaban J connectivity index is 2.06. The van der Waals surface area contributed by atoms with Crippen molar-refractivity contribution in [1.29, 1.82) is 0 Å². The summed E-state index contributed by atoms with van der Waals surface area (Å²) in [4.78, 5) is 11.9. The summed E-state index contributed by atoms with van der Waals surface area (Å²) in [5, 5.41) is 5.05. The first-order valence-electron chi connectivity index (χ1n) is 6.70. The zero-order valence-corrected chi connectivity index (χ0v) is 12.2. The molecule has 2 rings (SSSR count). The van der Waals surface area contributed by atoms with Crippen molar-refractivity contribution in [2.24, 2.45) is 11.1 Å². The highest BCUT2D eigenvalue weighted by atomic mass is 32.2. The molecule has 0 saturated heterocycles. The van der Waals surface area contributed by atoms with E-state index in [-0.39, 0.29) is 16.6 Å². The molecule has 1 aromatic rings. The van der Waals surface area contributed by atoms with E-state index < -0.39 is 16.0 Å². The first-order valence-corrected chi connectivity index (χ1v) is 8.25. The van der Waals surface area contributed by atoms with Crippen molar-refractivity contribution in [2.75, 3.05) is 0 Å². The van der Waals surface area contributed by atoms with Crippen LogP contribution in [0, 0.1) is 5.92 Å². The van der Waals surface area contributed by atoms with E-state index in [1.54, 1.807) is 0 Å². The SMILES string of the molecule is CC1CCC(OC(=O)c2cccc(S(N)(=O)=O)c2)CC1. The molecule has 0 atom stereocenters. The fraction of sp³-hybridized carbons (Fsp3) is 0.500. The third-order valence-corrected chi connectivity index (χ3v) is 4.55. The van der Waals surface area contributed by atoms with Gasteiger partial charge in [-0.3, -0.25) is 0 Å². The Morgan fingerprint density at radius 1 is 1.25 bits per heavy atom. The van der Waals surface area contributed by atoms with Gasteiger partial charge in [0, 0.05) is 0 Å². The number of primary sulfonamides is 1. The molecular weight excluding hydrogens is 278 g/mol. The molecule has 0 aliphatic heterocycles. The van der Waals surface area contributed by atoms with Crippen LogP contribution >= 0.6 is 0 Å². The van der Waals surface area contributed by atoms with Gasteiger partial charge in [0.25, 0.3) is 0 Å². The number of rotatable bonds is 3. The van der Waals surface area contributed by atoms with Crippen molar-refractivity contribution in [2.45, 2.75) is 43.6 Å². The first kappa shape index (κ1) is 15.0. The second kappa shape index (κ2) is 5.93. The predicted octanol–water partition coefficient (Wildman–Crippen LogP) is 2.07. The summed E-state index contributed by atoms with van der Waals surface area (Å²) in [5.41, 5.74) is 0.218. The van der Waals surface area contributed by atoms with E-state index in [4.69, 9.17) is 9.88 Å². The summed E-state index contributed by atoms with van der Waals surface area (Å²) < 4.78 is 27.9. The minimum atomic E-state index is -3.81. The van der Waals surface area contributed by atoms with Crippen molar-refractivity contribution in [3.8, 4) is 0 Å². The number of hydrogen-bond acceptors (Lipinski definition) is 4. The van der Waals surface area contributed by atoms with E-state index in [2.05, 4.69) is 6.92 Å². The Hall–Kier alpha value is -1.40. The molecule has 20 heavy (non-hydrogen) atoms. The van der Waals surface area contributed by atoms with Gasteiger partial charge in [0.15, 0.2) is 0 Å². The van der Waals surface area contributed by atoms with Gasteiger partial charge in [-0.2, -0.15) is 0 Å². The van der Waals surface area contributed by atoms with Gasteiger partial charge in [-0.25, -0.2) is 18.4 Å². The predicted molar refractivity (Wildman–Crippen MR) is 74.7 cm³/mol. The molecular formula is C14H19NO4S. The highest BCUT2D eigenvalue weighted by molar-refractivity contribution is 7.89. The van der Waals surface area contributed by atoms with E-state index in [1.165, 1.54) is 24.3 Å². The van der Waals surface area contributed by atoms with Crippen LogP contribution in [0.15, 0.2) is 29.2 Å². The van der Waals surface area contributed by atoms with Gasteiger partial charge in [-0.15, -0.1) is 0 Å².